The van der Waals surface area contributed by atoms with Gasteiger partial charge in [0.1, 0.15) is 11.7 Å². The van der Waals surface area contributed by atoms with Gasteiger partial charge in [-0.15, -0.1) is 11.3 Å². The molecule has 2 aromatic heterocycles. The Hall–Kier alpha value is -4.72. The van der Waals surface area contributed by atoms with Crippen molar-refractivity contribution in [3.63, 3.8) is 0 Å². The molecule has 0 aliphatic heterocycles. The molecule has 0 fully saturated rings. The molecule has 12 nitrogen and oxygen atoms in total. The maximum absolute atomic E-state index is 14.7. The Labute approximate surface area is 318 Å². The lowest BCUT2D eigenvalue weighted by Gasteiger charge is -2.22. The number of carbonyl (C=O) groups is 1. The second-order valence-electron chi connectivity index (χ2n) is 12.6. The molecule has 0 saturated carbocycles. The number of amidine groups is 2. The van der Waals surface area contributed by atoms with Gasteiger partial charge in [0.25, 0.3) is 0 Å². The van der Waals surface area contributed by atoms with Crippen LogP contribution >= 0.6 is 22.7 Å². The molecule has 0 aliphatic carbocycles. The predicted molar refractivity (Wildman–Crippen MR) is 215 cm³/mol. The van der Waals surface area contributed by atoms with Crippen molar-refractivity contribution in [1.29, 1.82) is 5.41 Å². The quantitative estimate of drug-likeness (QED) is 0.0395. The number of nitrogens with one attached hydrogen (secondary N) is 2. The summed E-state index contributed by atoms with van der Waals surface area (Å²) < 4.78 is 21.4. The second kappa shape index (κ2) is 20.5. The Balaban J connectivity index is 1.48. The molecule has 15 heteroatoms. The largest absolute Gasteiger partial charge is 0.491 e. The van der Waals surface area contributed by atoms with Crippen molar-refractivity contribution < 1.29 is 19.0 Å². The monoisotopic (exact) mass is 761 g/mol. The van der Waals surface area contributed by atoms with E-state index in [-0.39, 0.29) is 29.7 Å². The van der Waals surface area contributed by atoms with Crippen LogP contribution in [0, 0.1) is 23.1 Å². The van der Waals surface area contributed by atoms with Crippen molar-refractivity contribution in [2.24, 2.45) is 10.7 Å². The predicted octanol–water partition coefficient (Wildman–Crippen LogP) is 5.87. The zero-order valence-electron chi connectivity index (χ0n) is 30.9. The van der Waals surface area contributed by atoms with E-state index < -0.39 is 11.8 Å². The van der Waals surface area contributed by atoms with Crippen LogP contribution in [0.15, 0.2) is 59.1 Å². The summed E-state index contributed by atoms with van der Waals surface area (Å²) >= 11 is 2.66. The molecule has 2 heterocycles. The number of aryl methyl sites for hydroxylation is 1. The van der Waals surface area contributed by atoms with Crippen molar-refractivity contribution in [1.82, 2.24) is 25.1 Å². The SMILES string of the molecule is CNCCN(C)CCCCN(C(=N)/C=C(/C)C(N)=Nc1nc2ccccc2s1)c1nc(C(=O)O)c(CCCOc2ccc(C#CCN(C)C)cc2F)s1. The van der Waals surface area contributed by atoms with Crippen molar-refractivity contribution in [3.05, 3.63) is 76.1 Å². The summed E-state index contributed by atoms with van der Waals surface area (Å²) in [6.45, 7) is 5.63. The number of nitrogens with zero attached hydrogens (tertiary/aromatic N) is 6. The summed E-state index contributed by atoms with van der Waals surface area (Å²) in [4.78, 5) is 32.3. The van der Waals surface area contributed by atoms with E-state index in [0.29, 0.717) is 52.2 Å². The van der Waals surface area contributed by atoms with Gasteiger partial charge in [-0.25, -0.2) is 24.1 Å². The molecule has 5 N–H and O–H groups in total. The Bertz CT molecular complexity index is 1950. The zero-order chi connectivity index (χ0) is 38.3. The number of rotatable bonds is 19. The van der Waals surface area contributed by atoms with E-state index in [2.05, 4.69) is 44.1 Å². The summed E-state index contributed by atoms with van der Waals surface area (Å²) in [5, 5.41) is 23.2. The Kier molecular flexibility index (Phi) is 15.9. The van der Waals surface area contributed by atoms with Gasteiger partial charge in [-0.05, 0) is 109 Å². The number of benzene rings is 2. The van der Waals surface area contributed by atoms with E-state index in [1.807, 2.05) is 50.3 Å². The molecule has 0 radical (unpaired) electrons. The lowest BCUT2D eigenvalue weighted by atomic mass is 10.2. The number of carboxylic acid groups (broad SMARTS) is 1. The summed E-state index contributed by atoms with van der Waals surface area (Å²) in [7, 11) is 7.81. The number of unbranched alkanes of at least 4 members (excludes halogenated alkanes) is 1. The number of hydrogen-bond donors (Lipinski definition) is 4. The van der Waals surface area contributed by atoms with Crippen LogP contribution in [0.2, 0.25) is 0 Å². The number of thiazole rings is 2. The van der Waals surface area contributed by atoms with Crippen LogP contribution in [-0.2, 0) is 6.42 Å². The fourth-order valence-electron chi connectivity index (χ4n) is 5.04. The molecule has 0 saturated heterocycles. The minimum absolute atomic E-state index is 0.0703. The maximum Gasteiger partial charge on any atom is 0.355 e. The molecule has 0 atom stereocenters. The maximum atomic E-state index is 14.7. The lowest BCUT2D eigenvalue weighted by Crippen LogP contribution is -2.32. The summed E-state index contributed by atoms with van der Waals surface area (Å²) in [6, 6.07) is 12.4. The Morgan fingerprint density at radius 3 is 2.60 bits per heavy atom. The van der Waals surface area contributed by atoms with Crippen LogP contribution in [0.3, 0.4) is 0 Å². The third-order valence-electron chi connectivity index (χ3n) is 7.95. The fraction of sp³-hybridized carbons (Fsp3) is 0.395. The normalized spacial score (nSPS) is 12.0. The average Bonchev–Trinajstić information content (AvgIpc) is 3.73. The van der Waals surface area contributed by atoms with E-state index in [0.717, 1.165) is 42.7 Å². The van der Waals surface area contributed by atoms with Gasteiger partial charge in [0.2, 0.25) is 5.13 Å². The van der Waals surface area contributed by atoms with Crippen LogP contribution in [-0.4, -0.2) is 110 Å². The number of fused-ring (bicyclic) bond motifs is 1. The lowest BCUT2D eigenvalue weighted by molar-refractivity contribution is 0.0690. The van der Waals surface area contributed by atoms with Crippen molar-refractivity contribution in [3.8, 4) is 17.6 Å². The van der Waals surface area contributed by atoms with Crippen LogP contribution < -0.4 is 20.7 Å². The van der Waals surface area contributed by atoms with Gasteiger partial charge in [-0.1, -0.05) is 35.3 Å². The highest BCUT2D eigenvalue weighted by Gasteiger charge is 2.23. The molecule has 53 heavy (non-hydrogen) atoms. The average molecular weight is 762 g/mol. The molecule has 0 spiro atoms. The highest BCUT2D eigenvalue weighted by atomic mass is 32.1. The Morgan fingerprint density at radius 1 is 1.11 bits per heavy atom. The van der Waals surface area contributed by atoms with Crippen LogP contribution in [0.5, 0.6) is 5.75 Å². The van der Waals surface area contributed by atoms with Crippen LogP contribution in [0.4, 0.5) is 14.7 Å². The molecule has 0 amide bonds. The van der Waals surface area contributed by atoms with Gasteiger partial charge in [-0.2, -0.15) is 0 Å². The van der Waals surface area contributed by atoms with E-state index in [4.69, 9.17) is 15.9 Å². The third-order valence-corrected chi connectivity index (χ3v) is 10.0. The van der Waals surface area contributed by atoms with E-state index in [9.17, 15) is 14.3 Å². The van der Waals surface area contributed by atoms with Gasteiger partial charge in [0, 0.05) is 30.1 Å². The molecule has 0 aliphatic rings. The van der Waals surface area contributed by atoms with E-state index >= 15 is 0 Å². The van der Waals surface area contributed by atoms with Gasteiger partial charge in [-0.3, -0.25) is 10.3 Å². The standard InChI is InChI=1S/C38H48FN9O3S2/c1-26(35(41)45-37-43-29-13-6-7-14-31(29)52-37)24-33(40)48(21-9-8-20-47(5)22-18-42-2)38-44-34(36(49)50)32(53-38)15-11-23-51-30-17-16-27(25-28(30)39)12-10-19-46(3)4/h6-7,13-14,16-17,24-25,40,42H,8-9,11,15,18-23H2,1-5H3,(H,49,50)(H2,41,43,45)/b26-24-,40-33?. The highest BCUT2D eigenvalue weighted by Crippen LogP contribution is 2.30. The van der Waals surface area contributed by atoms with Crippen molar-refractivity contribution in [2.75, 3.05) is 72.4 Å². The summed E-state index contributed by atoms with van der Waals surface area (Å²) in [5.74, 6) is 4.70. The topological polar surface area (TPSA) is 156 Å². The van der Waals surface area contributed by atoms with E-state index in [1.165, 1.54) is 28.7 Å². The molecular weight excluding hydrogens is 714 g/mol. The molecule has 2 aromatic carbocycles. The number of likely N-dealkylation sites (N-methyl/N-ethyl adjacent to an activating group) is 2. The molecule has 4 rings (SSSR count). The number of ether oxygens (including phenoxy) is 1. The van der Waals surface area contributed by atoms with Gasteiger partial charge < -0.3 is 30.7 Å². The van der Waals surface area contributed by atoms with Crippen molar-refractivity contribution in [2.45, 2.75) is 32.6 Å². The number of aromatic carboxylic acids is 1. The smallest absolute Gasteiger partial charge is 0.355 e. The second-order valence-corrected chi connectivity index (χ2v) is 14.7. The minimum atomic E-state index is -1.16. The zero-order valence-corrected chi connectivity index (χ0v) is 32.5. The number of aliphatic imine (C=N–C) groups is 1. The number of para-hydroxylation sites is 1. The first kappa shape index (κ1) is 41.0. The molecule has 282 valence electrons. The van der Waals surface area contributed by atoms with Crippen molar-refractivity contribution >= 4 is 60.8 Å². The number of carboxylic acids is 1. The van der Waals surface area contributed by atoms with Crippen LogP contribution in [0.1, 0.15) is 47.1 Å². The fourth-order valence-corrected chi connectivity index (χ4v) is 7.03. The summed E-state index contributed by atoms with van der Waals surface area (Å²) in [6.07, 6.45) is 4.01. The van der Waals surface area contributed by atoms with Crippen LogP contribution in [0.25, 0.3) is 10.2 Å². The molecule has 0 bridgehead atoms. The number of halogens is 1. The number of nitrogens with two attached hydrogens (primary N) is 1. The molecule has 4 aromatic rings. The minimum Gasteiger partial charge on any atom is -0.491 e. The first-order chi connectivity index (χ1) is 25.4. The van der Waals surface area contributed by atoms with Gasteiger partial charge >= 0.3 is 5.97 Å². The first-order valence-electron chi connectivity index (χ1n) is 17.3. The summed E-state index contributed by atoms with van der Waals surface area (Å²) in [5.41, 5.74) is 8.26. The third kappa shape index (κ3) is 12.7. The highest BCUT2D eigenvalue weighted by molar-refractivity contribution is 7.22. The number of aromatic nitrogens is 2. The van der Waals surface area contributed by atoms with E-state index in [1.54, 1.807) is 30.0 Å². The number of anilines is 1. The van der Waals surface area contributed by atoms with Gasteiger partial charge in [0.05, 0.1) is 23.4 Å². The Morgan fingerprint density at radius 2 is 1.89 bits per heavy atom. The molecular formula is C38H48FN9O3S2. The van der Waals surface area contributed by atoms with Gasteiger partial charge in [0.15, 0.2) is 22.4 Å². The molecule has 0 unspecified atom stereocenters. The number of hydrogen-bond acceptors (Lipinski definition) is 11. The first-order valence-corrected chi connectivity index (χ1v) is 18.9.